The maximum atomic E-state index is 14.2. The number of β-amino-alcohol motifs (C(OH)–C–C–N with tert-alkyl or cyclic N) is 1. The predicted molar refractivity (Wildman–Crippen MR) is 120 cm³/mol. The van der Waals surface area contributed by atoms with Gasteiger partial charge in [-0.05, 0) is 47.9 Å². The van der Waals surface area contributed by atoms with E-state index >= 15 is 0 Å². The van der Waals surface area contributed by atoms with E-state index in [4.69, 9.17) is 0 Å². The lowest BCUT2D eigenvalue weighted by atomic mass is 10.0. The van der Waals surface area contributed by atoms with Crippen LogP contribution in [-0.2, 0) is 11.2 Å². The van der Waals surface area contributed by atoms with Crippen molar-refractivity contribution in [2.45, 2.75) is 25.0 Å². The number of nitrogens with zero attached hydrogens (tertiary/aromatic N) is 3. The first-order valence-electron chi connectivity index (χ1n) is 10.3. The van der Waals surface area contributed by atoms with Crippen molar-refractivity contribution in [3.05, 3.63) is 68.6 Å². The molecular formula is C23H23FN4O3S. The summed E-state index contributed by atoms with van der Waals surface area (Å²) in [6, 6.07) is 11.0. The SMILES string of the molecule is CN(C(=O)Cc1ccc2sc(=O)[nH]c2c1)[C@H](CN1CC[C@H](O)C1)c1cc(F)cc(C#N)c1. The van der Waals surface area contributed by atoms with Crippen LogP contribution < -0.4 is 4.87 Å². The number of carbonyl (C=O) groups is 1. The third-order valence-corrected chi connectivity index (χ3v) is 6.68. The van der Waals surface area contributed by atoms with E-state index in [9.17, 15) is 24.3 Å². The van der Waals surface area contributed by atoms with Gasteiger partial charge in [-0.3, -0.25) is 14.5 Å². The summed E-state index contributed by atoms with van der Waals surface area (Å²) >= 11 is 1.12. The Morgan fingerprint density at radius 2 is 2.22 bits per heavy atom. The number of aromatic amines is 1. The Labute approximate surface area is 188 Å². The van der Waals surface area contributed by atoms with Crippen molar-refractivity contribution in [1.29, 1.82) is 5.26 Å². The number of aliphatic hydroxyl groups is 1. The minimum Gasteiger partial charge on any atom is -0.392 e. The molecule has 9 heteroatoms. The molecule has 0 saturated carbocycles. The maximum absolute atomic E-state index is 14.2. The number of aliphatic hydroxyl groups excluding tert-OH is 1. The number of carbonyl (C=O) groups excluding carboxylic acids is 1. The number of nitrogens with one attached hydrogen (secondary N) is 1. The highest BCUT2D eigenvalue weighted by Gasteiger charge is 2.29. The fourth-order valence-electron chi connectivity index (χ4n) is 4.13. The number of benzene rings is 2. The van der Waals surface area contributed by atoms with Gasteiger partial charge in [0.25, 0.3) is 0 Å². The van der Waals surface area contributed by atoms with Crippen LogP contribution in [0.1, 0.15) is 29.2 Å². The molecule has 2 N–H and O–H groups in total. The second-order valence-corrected chi connectivity index (χ2v) is 9.14. The van der Waals surface area contributed by atoms with Gasteiger partial charge in [0.05, 0.1) is 40.4 Å². The van der Waals surface area contributed by atoms with E-state index in [0.29, 0.717) is 37.1 Å². The number of aromatic nitrogens is 1. The summed E-state index contributed by atoms with van der Waals surface area (Å²) < 4.78 is 15.0. The Hall–Kier alpha value is -3.06. The summed E-state index contributed by atoms with van der Waals surface area (Å²) in [6.45, 7) is 1.59. The molecular weight excluding hydrogens is 431 g/mol. The number of hydrogen-bond acceptors (Lipinski definition) is 6. The molecule has 4 rings (SSSR count). The number of thiazole rings is 1. The highest BCUT2D eigenvalue weighted by Crippen LogP contribution is 2.26. The fourth-order valence-corrected chi connectivity index (χ4v) is 4.84. The van der Waals surface area contributed by atoms with Crippen molar-refractivity contribution >= 4 is 27.5 Å². The first kappa shape index (κ1) is 22.1. The van der Waals surface area contributed by atoms with E-state index < -0.39 is 18.0 Å². The zero-order chi connectivity index (χ0) is 22.8. The first-order valence-corrected chi connectivity index (χ1v) is 11.1. The van der Waals surface area contributed by atoms with Gasteiger partial charge in [0.15, 0.2) is 0 Å². The average molecular weight is 455 g/mol. The van der Waals surface area contributed by atoms with E-state index in [-0.39, 0.29) is 22.8 Å². The molecule has 1 aliphatic rings. The second kappa shape index (κ2) is 9.20. The van der Waals surface area contributed by atoms with E-state index in [2.05, 4.69) is 4.98 Å². The van der Waals surface area contributed by atoms with E-state index in [1.54, 1.807) is 24.1 Å². The summed E-state index contributed by atoms with van der Waals surface area (Å²) in [7, 11) is 1.67. The predicted octanol–water partition coefficient (Wildman–Crippen LogP) is 2.41. The summed E-state index contributed by atoms with van der Waals surface area (Å²) in [5.41, 5.74) is 2.19. The molecule has 1 amide bonds. The highest BCUT2D eigenvalue weighted by atomic mass is 32.1. The molecule has 1 aliphatic heterocycles. The van der Waals surface area contributed by atoms with Gasteiger partial charge in [0.2, 0.25) is 5.91 Å². The molecule has 3 aromatic rings. The Balaban J connectivity index is 1.59. The standard InChI is InChI=1S/C23H23FN4O3S/c1-27(22(30)9-14-2-3-21-19(8-14)26-23(31)32-21)20(13-28-5-4-18(29)12-28)16-6-15(11-25)7-17(24)10-16/h2-3,6-8,10,18,20,29H,4-5,9,12-13H2,1H3,(H,26,31)/t18-,20+/m0/s1. The number of H-pyrrole nitrogens is 1. The van der Waals surface area contributed by atoms with Gasteiger partial charge in [0, 0.05) is 26.7 Å². The molecule has 0 radical (unpaired) electrons. The Morgan fingerprint density at radius 1 is 1.41 bits per heavy atom. The normalized spacial score (nSPS) is 17.4. The molecule has 1 saturated heterocycles. The lowest BCUT2D eigenvalue weighted by Gasteiger charge is -2.32. The summed E-state index contributed by atoms with van der Waals surface area (Å²) in [5.74, 6) is -0.701. The van der Waals surface area contributed by atoms with Gasteiger partial charge in [-0.15, -0.1) is 0 Å². The molecule has 1 fully saturated rings. The highest BCUT2D eigenvalue weighted by molar-refractivity contribution is 7.16. The van der Waals surface area contributed by atoms with E-state index in [0.717, 1.165) is 21.6 Å². The zero-order valence-electron chi connectivity index (χ0n) is 17.5. The number of amides is 1. The van der Waals surface area contributed by atoms with Gasteiger partial charge in [0.1, 0.15) is 5.82 Å². The van der Waals surface area contributed by atoms with Crippen LogP contribution in [0.25, 0.3) is 10.2 Å². The number of likely N-dealkylation sites (N-methyl/N-ethyl adjacent to an activating group) is 1. The third-order valence-electron chi connectivity index (χ3n) is 5.81. The number of likely N-dealkylation sites (tertiary alicyclic amines) is 1. The number of rotatable bonds is 6. The van der Waals surface area contributed by atoms with Gasteiger partial charge >= 0.3 is 4.87 Å². The number of hydrogen-bond donors (Lipinski definition) is 2. The molecule has 32 heavy (non-hydrogen) atoms. The average Bonchev–Trinajstić information content (AvgIpc) is 3.34. The van der Waals surface area contributed by atoms with E-state index in [1.807, 2.05) is 23.1 Å². The molecule has 1 aromatic heterocycles. The van der Waals surface area contributed by atoms with Crippen LogP contribution >= 0.6 is 11.3 Å². The third kappa shape index (κ3) is 4.88. The Morgan fingerprint density at radius 3 is 2.94 bits per heavy atom. The molecule has 2 heterocycles. The van der Waals surface area contributed by atoms with Crippen molar-refractivity contribution < 1.29 is 14.3 Å². The number of fused-ring (bicyclic) bond motifs is 1. The Bertz CT molecular complexity index is 1250. The van der Waals surface area contributed by atoms with Crippen LogP contribution in [-0.4, -0.2) is 58.6 Å². The monoisotopic (exact) mass is 454 g/mol. The van der Waals surface area contributed by atoms with Gasteiger partial charge in [-0.25, -0.2) is 4.39 Å². The minimum absolute atomic E-state index is 0.115. The van der Waals surface area contributed by atoms with Crippen LogP contribution in [0.2, 0.25) is 0 Å². The minimum atomic E-state index is -0.529. The molecule has 0 unspecified atom stereocenters. The van der Waals surface area contributed by atoms with Gasteiger partial charge in [-0.2, -0.15) is 5.26 Å². The van der Waals surface area contributed by atoms with Crippen LogP contribution in [0.4, 0.5) is 4.39 Å². The largest absolute Gasteiger partial charge is 0.392 e. The van der Waals surface area contributed by atoms with E-state index in [1.165, 1.54) is 12.1 Å². The van der Waals surface area contributed by atoms with Crippen LogP contribution in [0.5, 0.6) is 0 Å². The van der Waals surface area contributed by atoms with Crippen molar-refractivity contribution in [2.75, 3.05) is 26.7 Å². The lowest BCUT2D eigenvalue weighted by molar-refractivity contribution is -0.131. The Kier molecular flexibility index (Phi) is 6.37. The molecule has 2 aromatic carbocycles. The van der Waals surface area contributed by atoms with Crippen molar-refractivity contribution in [3.8, 4) is 6.07 Å². The summed E-state index contributed by atoms with van der Waals surface area (Å²) in [6.07, 6.45) is 0.345. The smallest absolute Gasteiger partial charge is 0.305 e. The quantitative estimate of drug-likeness (QED) is 0.596. The summed E-state index contributed by atoms with van der Waals surface area (Å²) in [4.78, 5) is 31.0. The number of halogens is 1. The molecule has 2 atom stereocenters. The van der Waals surface area contributed by atoms with Crippen molar-refractivity contribution in [1.82, 2.24) is 14.8 Å². The lowest BCUT2D eigenvalue weighted by Crippen LogP contribution is -2.39. The molecule has 0 spiro atoms. The zero-order valence-corrected chi connectivity index (χ0v) is 18.4. The molecule has 0 bridgehead atoms. The van der Waals surface area contributed by atoms with Crippen molar-refractivity contribution in [2.24, 2.45) is 0 Å². The molecule has 166 valence electrons. The first-order chi connectivity index (χ1) is 15.3. The van der Waals surface area contributed by atoms with Crippen LogP contribution in [0, 0.1) is 17.1 Å². The fraction of sp³-hybridized carbons (Fsp3) is 0.348. The van der Waals surface area contributed by atoms with Crippen LogP contribution in [0.15, 0.2) is 41.2 Å². The number of nitriles is 1. The molecule has 7 nitrogen and oxygen atoms in total. The van der Waals surface area contributed by atoms with Gasteiger partial charge in [-0.1, -0.05) is 17.4 Å². The maximum Gasteiger partial charge on any atom is 0.305 e. The topological polar surface area (TPSA) is 100 Å². The van der Waals surface area contributed by atoms with Gasteiger partial charge < -0.3 is 15.0 Å². The van der Waals surface area contributed by atoms with Crippen molar-refractivity contribution in [3.63, 3.8) is 0 Å². The summed E-state index contributed by atoms with van der Waals surface area (Å²) in [5, 5.41) is 19.1. The van der Waals surface area contributed by atoms with Crippen LogP contribution in [0.3, 0.4) is 0 Å². The second-order valence-electron chi connectivity index (χ2n) is 8.13. The molecule has 0 aliphatic carbocycles.